The van der Waals surface area contributed by atoms with Gasteiger partial charge in [0.15, 0.2) is 5.78 Å². The second kappa shape index (κ2) is 6.39. The fourth-order valence-electron chi connectivity index (χ4n) is 2.32. The molecule has 0 unspecified atom stereocenters. The lowest BCUT2D eigenvalue weighted by Gasteiger charge is -2.15. The van der Waals surface area contributed by atoms with E-state index in [1.807, 2.05) is 30.3 Å². The van der Waals surface area contributed by atoms with Gasteiger partial charge >= 0.3 is 5.97 Å². The number of esters is 1. The lowest BCUT2D eigenvalue weighted by molar-refractivity contribution is 0.0522. The highest BCUT2D eigenvalue weighted by Gasteiger charge is 2.20. The van der Waals surface area contributed by atoms with Gasteiger partial charge in [-0.15, -0.1) is 0 Å². The first-order valence-corrected chi connectivity index (χ1v) is 7.01. The molecule has 22 heavy (non-hydrogen) atoms. The molecule has 0 radical (unpaired) electrons. The topological polar surface area (TPSA) is 72.2 Å². The number of nitrogens with one attached hydrogen (secondary N) is 1. The molecule has 0 bridgehead atoms. The molecule has 5 heteroatoms. The summed E-state index contributed by atoms with van der Waals surface area (Å²) in [5.74, 6) is -0.745. The molecule has 0 aliphatic carbocycles. The van der Waals surface area contributed by atoms with E-state index in [0.717, 1.165) is 0 Å². The fourth-order valence-corrected chi connectivity index (χ4v) is 2.32. The molecule has 1 N–H and O–H groups in total. The summed E-state index contributed by atoms with van der Waals surface area (Å²) in [4.78, 5) is 24.0. The monoisotopic (exact) mass is 298 g/mol. The Hall–Kier alpha value is -2.69. The number of hydrogen-bond donors (Lipinski definition) is 1. The van der Waals surface area contributed by atoms with Crippen molar-refractivity contribution in [3.63, 3.8) is 0 Å². The van der Waals surface area contributed by atoms with Crippen molar-refractivity contribution < 1.29 is 14.3 Å². The normalized spacial score (nSPS) is 10.3. The molecule has 114 valence electrons. The number of ether oxygens (including phenoxy) is 1. The van der Waals surface area contributed by atoms with Gasteiger partial charge in [0.1, 0.15) is 11.1 Å². The SMILES string of the molecule is CCOC(=O)c1c(C)c(C(C)=O)cn(-c2ccccc2)c1=N. The molecule has 5 nitrogen and oxygen atoms in total. The lowest BCUT2D eigenvalue weighted by atomic mass is 10.0. The van der Waals surface area contributed by atoms with Gasteiger partial charge in [-0.3, -0.25) is 10.2 Å². The van der Waals surface area contributed by atoms with Crippen LogP contribution in [0.4, 0.5) is 0 Å². The van der Waals surface area contributed by atoms with E-state index in [-0.39, 0.29) is 23.4 Å². The van der Waals surface area contributed by atoms with Crippen LogP contribution in [-0.4, -0.2) is 22.9 Å². The van der Waals surface area contributed by atoms with E-state index in [0.29, 0.717) is 16.8 Å². The number of Topliss-reactive ketones (excluding diaryl/α,β-unsaturated/α-hetero) is 1. The smallest absolute Gasteiger partial charge is 0.342 e. The van der Waals surface area contributed by atoms with Crippen molar-refractivity contribution in [1.82, 2.24) is 4.57 Å². The number of hydrogen-bond acceptors (Lipinski definition) is 4. The van der Waals surface area contributed by atoms with E-state index in [4.69, 9.17) is 10.1 Å². The maximum atomic E-state index is 12.2. The first kappa shape index (κ1) is 15.7. The lowest BCUT2D eigenvalue weighted by Crippen LogP contribution is -2.29. The van der Waals surface area contributed by atoms with E-state index in [2.05, 4.69) is 0 Å². The van der Waals surface area contributed by atoms with Crippen LogP contribution in [0.25, 0.3) is 5.69 Å². The van der Waals surface area contributed by atoms with Crippen LogP contribution in [0.3, 0.4) is 0 Å². The van der Waals surface area contributed by atoms with Gasteiger partial charge in [-0.25, -0.2) is 4.79 Å². The summed E-state index contributed by atoms with van der Waals surface area (Å²) in [6, 6.07) is 9.15. The maximum absolute atomic E-state index is 12.2. The standard InChI is InChI=1S/C17H18N2O3/c1-4-22-17(21)15-11(2)14(12(3)20)10-19(16(15)18)13-8-6-5-7-9-13/h5-10,18H,4H2,1-3H3. The van der Waals surface area contributed by atoms with Crippen molar-refractivity contribution in [2.75, 3.05) is 6.61 Å². The number of rotatable bonds is 4. The zero-order valence-corrected chi connectivity index (χ0v) is 12.8. The van der Waals surface area contributed by atoms with Crippen molar-refractivity contribution >= 4 is 11.8 Å². The maximum Gasteiger partial charge on any atom is 0.342 e. The Morgan fingerprint density at radius 1 is 1.23 bits per heavy atom. The number of carbonyl (C=O) groups is 2. The van der Waals surface area contributed by atoms with Crippen LogP contribution in [0.2, 0.25) is 0 Å². The third-order valence-electron chi connectivity index (χ3n) is 3.41. The summed E-state index contributed by atoms with van der Waals surface area (Å²) < 4.78 is 6.56. The van der Waals surface area contributed by atoms with Gasteiger partial charge in [-0.2, -0.15) is 0 Å². The van der Waals surface area contributed by atoms with E-state index in [1.165, 1.54) is 11.5 Å². The van der Waals surface area contributed by atoms with Crippen LogP contribution in [-0.2, 0) is 4.74 Å². The Labute approximate surface area is 128 Å². The highest BCUT2D eigenvalue weighted by Crippen LogP contribution is 2.15. The number of benzene rings is 1. The highest BCUT2D eigenvalue weighted by atomic mass is 16.5. The molecule has 0 atom stereocenters. The highest BCUT2D eigenvalue weighted by molar-refractivity contribution is 5.99. The molecule has 0 aliphatic rings. The van der Waals surface area contributed by atoms with Gasteiger partial charge in [-0.05, 0) is 38.5 Å². The van der Waals surface area contributed by atoms with Gasteiger partial charge in [-0.1, -0.05) is 18.2 Å². The molecular formula is C17H18N2O3. The average molecular weight is 298 g/mol. The summed E-state index contributed by atoms with van der Waals surface area (Å²) in [6.07, 6.45) is 1.60. The number of pyridine rings is 1. The summed E-state index contributed by atoms with van der Waals surface area (Å²) >= 11 is 0. The summed E-state index contributed by atoms with van der Waals surface area (Å²) in [6.45, 7) is 5.02. The van der Waals surface area contributed by atoms with Crippen LogP contribution >= 0.6 is 0 Å². The number of nitrogens with zero attached hydrogens (tertiary/aromatic N) is 1. The molecule has 2 aromatic rings. The molecule has 0 saturated heterocycles. The van der Waals surface area contributed by atoms with Crippen molar-refractivity contribution in [3.05, 3.63) is 58.7 Å². The minimum Gasteiger partial charge on any atom is -0.462 e. The van der Waals surface area contributed by atoms with Gasteiger partial charge < -0.3 is 9.30 Å². The zero-order valence-electron chi connectivity index (χ0n) is 12.8. The van der Waals surface area contributed by atoms with Gasteiger partial charge in [0.05, 0.1) is 6.61 Å². The molecule has 2 rings (SSSR count). The number of ketones is 1. The molecule has 0 saturated carbocycles. The molecule has 1 aromatic carbocycles. The zero-order chi connectivity index (χ0) is 16.3. The van der Waals surface area contributed by atoms with Crippen LogP contribution in [0.5, 0.6) is 0 Å². The molecule has 0 spiro atoms. The largest absolute Gasteiger partial charge is 0.462 e. The second-order valence-electron chi connectivity index (χ2n) is 4.87. The van der Waals surface area contributed by atoms with E-state index < -0.39 is 5.97 Å². The molecule has 1 aromatic heterocycles. The van der Waals surface area contributed by atoms with Crippen molar-refractivity contribution in [2.24, 2.45) is 0 Å². The second-order valence-corrected chi connectivity index (χ2v) is 4.87. The number of para-hydroxylation sites is 1. The number of aromatic nitrogens is 1. The van der Waals surface area contributed by atoms with Crippen molar-refractivity contribution in [2.45, 2.75) is 20.8 Å². The minimum absolute atomic E-state index is 0.00662. The summed E-state index contributed by atoms with van der Waals surface area (Å²) in [7, 11) is 0. The van der Waals surface area contributed by atoms with Crippen molar-refractivity contribution in [1.29, 1.82) is 5.41 Å². The molecule has 0 aliphatic heterocycles. The van der Waals surface area contributed by atoms with Crippen molar-refractivity contribution in [3.8, 4) is 5.69 Å². The summed E-state index contributed by atoms with van der Waals surface area (Å²) in [5.41, 5.74) is 1.72. The molecule has 1 heterocycles. The Bertz CT molecular complexity index is 776. The predicted octanol–water partition coefficient (Wildman–Crippen LogP) is 2.64. The predicted molar refractivity (Wildman–Crippen MR) is 82.3 cm³/mol. The first-order chi connectivity index (χ1) is 10.5. The Morgan fingerprint density at radius 3 is 2.41 bits per heavy atom. The van der Waals surface area contributed by atoms with Crippen LogP contribution in [0, 0.1) is 12.3 Å². The van der Waals surface area contributed by atoms with E-state index in [1.54, 1.807) is 20.0 Å². The molecule has 0 amide bonds. The van der Waals surface area contributed by atoms with Gasteiger partial charge in [0.25, 0.3) is 0 Å². The van der Waals surface area contributed by atoms with Crippen LogP contribution in [0.15, 0.2) is 36.5 Å². The number of carbonyl (C=O) groups excluding carboxylic acids is 2. The summed E-state index contributed by atoms with van der Waals surface area (Å²) in [5, 5.41) is 8.32. The van der Waals surface area contributed by atoms with E-state index >= 15 is 0 Å². The van der Waals surface area contributed by atoms with Gasteiger partial charge in [0, 0.05) is 17.4 Å². The average Bonchev–Trinajstić information content (AvgIpc) is 2.48. The molecular weight excluding hydrogens is 280 g/mol. The third kappa shape index (κ3) is 2.83. The van der Waals surface area contributed by atoms with Crippen LogP contribution < -0.4 is 5.49 Å². The van der Waals surface area contributed by atoms with E-state index in [9.17, 15) is 9.59 Å². The first-order valence-electron chi connectivity index (χ1n) is 7.01. The Kier molecular flexibility index (Phi) is 4.56. The Balaban J connectivity index is 2.79. The quantitative estimate of drug-likeness (QED) is 0.696. The van der Waals surface area contributed by atoms with Gasteiger partial charge in [0.2, 0.25) is 0 Å². The Morgan fingerprint density at radius 2 is 1.86 bits per heavy atom. The van der Waals surface area contributed by atoms with Crippen LogP contribution in [0.1, 0.15) is 40.1 Å². The fraction of sp³-hybridized carbons (Fsp3) is 0.235. The minimum atomic E-state index is -0.585. The third-order valence-corrected chi connectivity index (χ3v) is 3.41. The molecule has 0 fully saturated rings.